The van der Waals surface area contributed by atoms with Gasteiger partial charge < -0.3 is 4.98 Å². The SMILES string of the molecule is CCc1cc(C(C)=O)[nH]c1/C=C\C(C)F. The number of aromatic nitrogens is 1. The zero-order valence-corrected chi connectivity index (χ0v) is 9.30. The van der Waals surface area contributed by atoms with E-state index in [-0.39, 0.29) is 5.78 Å². The number of alkyl halides is 1. The summed E-state index contributed by atoms with van der Waals surface area (Å²) in [6.07, 6.45) is 3.01. The van der Waals surface area contributed by atoms with Crippen molar-refractivity contribution in [3.05, 3.63) is 29.1 Å². The van der Waals surface area contributed by atoms with Crippen molar-refractivity contribution >= 4 is 11.9 Å². The van der Waals surface area contributed by atoms with E-state index in [2.05, 4.69) is 4.98 Å². The number of hydrogen-bond donors (Lipinski definition) is 1. The van der Waals surface area contributed by atoms with E-state index < -0.39 is 6.17 Å². The van der Waals surface area contributed by atoms with E-state index >= 15 is 0 Å². The Hall–Kier alpha value is -1.38. The first-order valence-corrected chi connectivity index (χ1v) is 5.09. The fourth-order valence-corrected chi connectivity index (χ4v) is 1.37. The van der Waals surface area contributed by atoms with Crippen molar-refractivity contribution in [1.82, 2.24) is 4.98 Å². The van der Waals surface area contributed by atoms with Crippen LogP contribution in [0, 0.1) is 0 Å². The molecule has 2 nitrogen and oxygen atoms in total. The first-order valence-electron chi connectivity index (χ1n) is 5.09. The number of nitrogens with one attached hydrogen (secondary N) is 1. The van der Waals surface area contributed by atoms with Crippen molar-refractivity contribution in [3.63, 3.8) is 0 Å². The molecule has 0 aliphatic rings. The molecule has 82 valence electrons. The van der Waals surface area contributed by atoms with Gasteiger partial charge >= 0.3 is 0 Å². The summed E-state index contributed by atoms with van der Waals surface area (Å²) in [7, 11) is 0. The van der Waals surface area contributed by atoms with Crippen LogP contribution >= 0.6 is 0 Å². The Morgan fingerprint density at radius 2 is 2.33 bits per heavy atom. The van der Waals surface area contributed by atoms with Crippen molar-refractivity contribution < 1.29 is 9.18 Å². The number of H-pyrrole nitrogens is 1. The molecule has 1 heterocycles. The third-order valence-electron chi connectivity index (χ3n) is 2.22. The predicted octanol–water partition coefficient (Wildman–Crippen LogP) is 3.15. The van der Waals surface area contributed by atoms with Crippen LogP contribution in [-0.4, -0.2) is 16.9 Å². The van der Waals surface area contributed by atoms with Gasteiger partial charge in [0.15, 0.2) is 5.78 Å². The number of halogens is 1. The highest BCUT2D eigenvalue weighted by Crippen LogP contribution is 2.14. The quantitative estimate of drug-likeness (QED) is 0.759. The number of carbonyl (C=O) groups excluding carboxylic acids is 1. The summed E-state index contributed by atoms with van der Waals surface area (Å²) in [5.41, 5.74) is 2.45. The zero-order chi connectivity index (χ0) is 11.4. The molecule has 0 amide bonds. The topological polar surface area (TPSA) is 32.9 Å². The van der Waals surface area contributed by atoms with Crippen LogP contribution in [0.3, 0.4) is 0 Å². The summed E-state index contributed by atoms with van der Waals surface area (Å²) in [5, 5.41) is 0. The van der Waals surface area contributed by atoms with Crippen LogP contribution in [0.2, 0.25) is 0 Å². The lowest BCUT2D eigenvalue weighted by Crippen LogP contribution is -1.91. The van der Waals surface area contributed by atoms with Crippen LogP contribution in [0.15, 0.2) is 12.1 Å². The summed E-state index contributed by atoms with van der Waals surface area (Å²) < 4.78 is 12.6. The second-order valence-electron chi connectivity index (χ2n) is 3.57. The van der Waals surface area contributed by atoms with Crippen molar-refractivity contribution in [3.8, 4) is 0 Å². The van der Waals surface area contributed by atoms with Crippen molar-refractivity contribution in [1.29, 1.82) is 0 Å². The van der Waals surface area contributed by atoms with Crippen molar-refractivity contribution in [2.45, 2.75) is 33.4 Å². The molecule has 0 fully saturated rings. The number of carbonyl (C=O) groups is 1. The minimum atomic E-state index is -0.973. The molecule has 0 spiro atoms. The molecule has 0 bridgehead atoms. The second kappa shape index (κ2) is 4.91. The Morgan fingerprint density at radius 3 is 2.80 bits per heavy atom. The molecule has 0 aromatic carbocycles. The fraction of sp³-hybridized carbons (Fsp3) is 0.417. The fourth-order valence-electron chi connectivity index (χ4n) is 1.37. The molecule has 1 aromatic rings. The van der Waals surface area contributed by atoms with E-state index in [1.807, 2.05) is 13.0 Å². The standard InChI is InChI=1S/C12H16FNO/c1-4-10-7-12(9(3)15)14-11(10)6-5-8(2)13/h5-8,14H,4H2,1-3H3/b6-5-. The van der Waals surface area contributed by atoms with Gasteiger partial charge in [0.05, 0.1) is 5.69 Å². The summed E-state index contributed by atoms with van der Waals surface area (Å²) in [5.74, 6) is -0.00218. The van der Waals surface area contributed by atoms with Gasteiger partial charge in [-0.05, 0) is 37.1 Å². The molecule has 15 heavy (non-hydrogen) atoms. The maximum Gasteiger partial charge on any atom is 0.175 e. The molecule has 0 aliphatic carbocycles. The Morgan fingerprint density at radius 1 is 1.67 bits per heavy atom. The van der Waals surface area contributed by atoms with Crippen LogP contribution in [0.1, 0.15) is 42.5 Å². The van der Waals surface area contributed by atoms with E-state index in [1.54, 1.807) is 6.08 Å². The van der Waals surface area contributed by atoms with Crippen LogP contribution in [0.5, 0.6) is 0 Å². The minimum absolute atomic E-state index is 0.00218. The zero-order valence-electron chi connectivity index (χ0n) is 9.30. The van der Waals surface area contributed by atoms with Gasteiger partial charge in [0, 0.05) is 12.6 Å². The maximum atomic E-state index is 12.6. The van der Waals surface area contributed by atoms with Gasteiger partial charge in [-0.25, -0.2) is 4.39 Å². The number of rotatable bonds is 4. The molecular formula is C12H16FNO. The van der Waals surface area contributed by atoms with Crippen LogP contribution < -0.4 is 0 Å². The first-order chi connectivity index (χ1) is 7.04. The molecule has 1 N–H and O–H groups in total. The number of Topliss-reactive ketones (excluding diaryl/α,β-unsaturated/α-hetero) is 1. The molecule has 0 aliphatic heterocycles. The number of allylic oxidation sites excluding steroid dienone is 1. The Bertz CT molecular complexity index is 377. The lowest BCUT2D eigenvalue weighted by atomic mass is 10.1. The summed E-state index contributed by atoms with van der Waals surface area (Å²) in [4.78, 5) is 14.1. The third kappa shape index (κ3) is 3.05. The van der Waals surface area contributed by atoms with Crippen molar-refractivity contribution in [2.24, 2.45) is 0 Å². The molecule has 0 saturated heterocycles. The molecular weight excluding hydrogens is 193 g/mol. The van der Waals surface area contributed by atoms with Gasteiger partial charge in [0.25, 0.3) is 0 Å². The van der Waals surface area contributed by atoms with Gasteiger partial charge in [-0.2, -0.15) is 0 Å². The number of hydrogen-bond acceptors (Lipinski definition) is 1. The van der Waals surface area contributed by atoms with Gasteiger partial charge in [0.1, 0.15) is 6.17 Å². The highest BCUT2D eigenvalue weighted by molar-refractivity contribution is 5.93. The smallest absolute Gasteiger partial charge is 0.175 e. The Kier molecular flexibility index (Phi) is 3.83. The molecule has 1 rings (SSSR count). The summed E-state index contributed by atoms with van der Waals surface area (Å²) in [6.45, 7) is 4.98. The van der Waals surface area contributed by atoms with Crippen LogP contribution in [0.4, 0.5) is 4.39 Å². The second-order valence-corrected chi connectivity index (χ2v) is 3.57. The highest BCUT2D eigenvalue weighted by atomic mass is 19.1. The average Bonchev–Trinajstić information content (AvgIpc) is 2.57. The first kappa shape index (κ1) is 11.7. The van der Waals surface area contributed by atoms with Gasteiger partial charge in [-0.15, -0.1) is 0 Å². The van der Waals surface area contributed by atoms with E-state index in [0.29, 0.717) is 5.69 Å². The normalized spacial score (nSPS) is 13.3. The molecule has 1 unspecified atom stereocenters. The van der Waals surface area contributed by atoms with E-state index in [9.17, 15) is 9.18 Å². The Balaban J connectivity index is 3.00. The predicted molar refractivity (Wildman–Crippen MR) is 59.8 cm³/mol. The van der Waals surface area contributed by atoms with E-state index in [4.69, 9.17) is 0 Å². The molecule has 0 saturated carbocycles. The monoisotopic (exact) mass is 209 g/mol. The number of aromatic amines is 1. The third-order valence-corrected chi connectivity index (χ3v) is 2.22. The molecule has 3 heteroatoms. The van der Waals surface area contributed by atoms with E-state index in [0.717, 1.165) is 17.7 Å². The molecule has 1 atom stereocenters. The summed E-state index contributed by atoms with van der Waals surface area (Å²) in [6, 6.07) is 1.82. The van der Waals surface area contributed by atoms with Crippen LogP contribution in [0.25, 0.3) is 6.08 Å². The average molecular weight is 209 g/mol. The van der Waals surface area contributed by atoms with Gasteiger partial charge in [-0.3, -0.25) is 4.79 Å². The van der Waals surface area contributed by atoms with Gasteiger partial charge in [0.2, 0.25) is 0 Å². The van der Waals surface area contributed by atoms with Crippen LogP contribution in [-0.2, 0) is 6.42 Å². The largest absolute Gasteiger partial charge is 0.352 e. The lowest BCUT2D eigenvalue weighted by molar-refractivity contribution is 0.101. The number of ketones is 1. The van der Waals surface area contributed by atoms with E-state index in [1.165, 1.54) is 19.9 Å². The maximum absolute atomic E-state index is 12.6. The molecule has 1 aromatic heterocycles. The minimum Gasteiger partial charge on any atom is -0.352 e. The Labute approximate surface area is 89.2 Å². The highest BCUT2D eigenvalue weighted by Gasteiger charge is 2.07. The molecule has 0 radical (unpaired) electrons. The van der Waals surface area contributed by atoms with Crippen molar-refractivity contribution in [2.75, 3.05) is 0 Å². The lowest BCUT2D eigenvalue weighted by Gasteiger charge is -1.94. The van der Waals surface area contributed by atoms with Gasteiger partial charge in [-0.1, -0.05) is 6.92 Å². The summed E-state index contributed by atoms with van der Waals surface area (Å²) >= 11 is 0. The number of aryl methyl sites for hydroxylation is 1.